The van der Waals surface area contributed by atoms with E-state index in [1.807, 2.05) is 10.6 Å². The third-order valence-electron chi connectivity index (χ3n) is 5.71. The van der Waals surface area contributed by atoms with Crippen molar-refractivity contribution in [2.24, 2.45) is 0 Å². The number of anilines is 3. The number of hydrazine groups is 1. The summed E-state index contributed by atoms with van der Waals surface area (Å²) in [6, 6.07) is 8.32. The van der Waals surface area contributed by atoms with Gasteiger partial charge in [-0.25, -0.2) is 13.4 Å². The van der Waals surface area contributed by atoms with Crippen LogP contribution in [0.3, 0.4) is 0 Å². The molecular formula is C19H20N6O3S. The third kappa shape index (κ3) is 2.91. The van der Waals surface area contributed by atoms with Crippen molar-refractivity contribution >= 4 is 45.1 Å². The number of hydrogen-bond acceptors (Lipinski definition) is 7. The molecule has 0 unspecified atom stereocenters. The first-order chi connectivity index (χ1) is 14.1. The van der Waals surface area contributed by atoms with Gasteiger partial charge in [-0.15, -0.1) is 0 Å². The van der Waals surface area contributed by atoms with E-state index in [0.29, 0.717) is 17.3 Å². The lowest BCUT2D eigenvalue weighted by Gasteiger charge is -2.41. The zero-order chi connectivity index (χ0) is 20.0. The molecule has 1 aliphatic heterocycles. The van der Waals surface area contributed by atoms with Crippen LogP contribution in [0.25, 0.3) is 11.0 Å². The number of nitrogens with one attached hydrogen (secondary N) is 3. The van der Waals surface area contributed by atoms with Crippen molar-refractivity contribution in [2.45, 2.75) is 42.5 Å². The van der Waals surface area contributed by atoms with E-state index in [1.54, 1.807) is 18.3 Å². The van der Waals surface area contributed by atoms with Crippen LogP contribution in [0.5, 0.6) is 0 Å². The summed E-state index contributed by atoms with van der Waals surface area (Å²) >= 11 is 0. The van der Waals surface area contributed by atoms with Crippen LogP contribution in [-0.2, 0) is 21.0 Å². The number of thiol groups is 1. The Kier molecular flexibility index (Phi) is 4.16. The third-order valence-corrected chi connectivity index (χ3v) is 6.43. The average Bonchev–Trinajstić information content (AvgIpc) is 3.11. The lowest BCUT2D eigenvalue weighted by Crippen LogP contribution is -2.55. The van der Waals surface area contributed by atoms with Gasteiger partial charge in [0.15, 0.2) is 10.7 Å². The van der Waals surface area contributed by atoms with Gasteiger partial charge in [-0.05, 0) is 43.2 Å². The molecule has 1 amide bonds. The Bertz CT molecular complexity index is 1170. The van der Waals surface area contributed by atoms with Gasteiger partial charge in [0.25, 0.3) is 5.91 Å². The van der Waals surface area contributed by atoms with Crippen LogP contribution < -0.4 is 16.2 Å². The molecule has 29 heavy (non-hydrogen) atoms. The van der Waals surface area contributed by atoms with Crippen molar-refractivity contribution in [1.29, 1.82) is 0 Å². The molecule has 0 saturated heterocycles. The zero-order valence-electron chi connectivity index (χ0n) is 15.5. The maximum absolute atomic E-state index is 12.8. The van der Waals surface area contributed by atoms with Gasteiger partial charge in [0.1, 0.15) is 17.0 Å². The predicted molar refractivity (Wildman–Crippen MR) is 109 cm³/mol. The predicted octanol–water partition coefficient (Wildman–Crippen LogP) is 2.26. The van der Waals surface area contributed by atoms with E-state index in [0.717, 1.165) is 43.3 Å². The van der Waals surface area contributed by atoms with E-state index < -0.39 is 16.2 Å². The van der Waals surface area contributed by atoms with E-state index in [1.165, 1.54) is 12.1 Å². The molecule has 0 bridgehead atoms. The second-order valence-electron chi connectivity index (χ2n) is 7.44. The van der Waals surface area contributed by atoms with E-state index in [4.69, 9.17) is 0 Å². The quantitative estimate of drug-likeness (QED) is 0.487. The van der Waals surface area contributed by atoms with Crippen LogP contribution in [0, 0.1) is 0 Å². The van der Waals surface area contributed by atoms with Crippen molar-refractivity contribution < 1.29 is 13.2 Å². The summed E-state index contributed by atoms with van der Waals surface area (Å²) in [5.74, 6) is 1.16. The minimum atomic E-state index is -2.61. The first-order valence-electron chi connectivity index (χ1n) is 9.54. The van der Waals surface area contributed by atoms with Crippen molar-refractivity contribution in [2.75, 3.05) is 10.7 Å². The Balaban J connectivity index is 1.56. The number of benzene rings is 1. The number of hydrogen-bond donors (Lipinski definition) is 4. The number of carbonyl (C=O) groups excluding carboxylic acids is 1. The first kappa shape index (κ1) is 17.9. The smallest absolute Gasteiger partial charge is 0.264 e. The second-order valence-corrected chi connectivity index (χ2v) is 8.47. The van der Waals surface area contributed by atoms with E-state index in [-0.39, 0.29) is 10.8 Å². The molecule has 1 aliphatic carbocycles. The number of amides is 1. The van der Waals surface area contributed by atoms with Crippen LogP contribution in [0.1, 0.15) is 32.1 Å². The molecule has 1 spiro atoms. The molecule has 2 aromatic heterocycles. The van der Waals surface area contributed by atoms with Crippen LogP contribution in [0.2, 0.25) is 0 Å². The fraction of sp³-hybridized carbons (Fsp3) is 0.316. The molecule has 3 heterocycles. The van der Waals surface area contributed by atoms with E-state index in [9.17, 15) is 13.2 Å². The Hall–Kier alpha value is -3.14. The summed E-state index contributed by atoms with van der Waals surface area (Å²) in [5, 5.41) is 3.95. The molecular weight excluding hydrogens is 392 g/mol. The maximum atomic E-state index is 12.8. The molecule has 1 aromatic carbocycles. The molecule has 1 fully saturated rings. The molecule has 2 aliphatic rings. The Morgan fingerprint density at radius 3 is 2.55 bits per heavy atom. The normalized spacial score (nSPS) is 17.8. The molecule has 5 rings (SSSR count). The molecule has 150 valence electrons. The molecule has 3 N–H and O–H groups in total. The van der Waals surface area contributed by atoms with Gasteiger partial charge in [-0.2, -0.15) is 4.98 Å². The molecule has 10 heteroatoms. The molecule has 3 aromatic rings. The molecule has 9 nitrogen and oxygen atoms in total. The standard InChI is InChI=1S/C19H20N6O3S/c26-17-19(8-2-1-3-9-19)25-15(23-24-17)10-12-11-20-18(22-16(12)25)21-13-4-6-14(7-5-13)29(27)28/h4-7,10-11,23,29H,1-3,8-9H2,(H,24,26)(H,20,21,22). The van der Waals surface area contributed by atoms with Crippen molar-refractivity contribution in [3.63, 3.8) is 0 Å². The fourth-order valence-electron chi connectivity index (χ4n) is 4.30. The van der Waals surface area contributed by atoms with Gasteiger partial charge in [0.05, 0.1) is 4.90 Å². The van der Waals surface area contributed by atoms with Crippen LogP contribution >= 0.6 is 0 Å². The highest BCUT2D eigenvalue weighted by atomic mass is 32.2. The van der Waals surface area contributed by atoms with Gasteiger partial charge in [-0.1, -0.05) is 19.3 Å². The second kappa shape index (κ2) is 6.73. The van der Waals surface area contributed by atoms with Crippen LogP contribution in [-0.4, -0.2) is 28.9 Å². The van der Waals surface area contributed by atoms with Gasteiger partial charge in [-0.3, -0.25) is 20.2 Å². The van der Waals surface area contributed by atoms with Crippen molar-refractivity contribution in [3.05, 3.63) is 36.5 Å². The number of carbonyl (C=O) groups is 1. The molecule has 0 radical (unpaired) electrons. The fourth-order valence-corrected chi connectivity index (χ4v) is 4.69. The van der Waals surface area contributed by atoms with Crippen LogP contribution in [0.4, 0.5) is 17.5 Å². The highest BCUT2D eigenvalue weighted by Gasteiger charge is 2.46. The highest BCUT2D eigenvalue weighted by Crippen LogP contribution is 2.42. The van der Waals surface area contributed by atoms with E-state index >= 15 is 0 Å². The zero-order valence-corrected chi connectivity index (χ0v) is 16.4. The summed E-state index contributed by atoms with van der Waals surface area (Å²) in [7, 11) is -2.61. The summed E-state index contributed by atoms with van der Waals surface area (Å²) in [4.78, 5) is 22.1. The SMILES string of the molecule is O=C1NNc2cc3cnc(Nc4ccc([SH](=O)=O)cc4)nc3n2C12CCCCC2. The topological polar surface area (TPSA) is 118 Å². The van der Waals surface area contributed by atoms with E-state index in [2.05, 4.69) is 26.1 Å². The number of aromatic nitrogens is 3. The number of fused-ring (bicyclic) bond motifs is 4. The van der Waals surface area contributed by atoms with Gasteiger partial charge in [0.2, 0.25) is 5.95 Å². The average molecular weight is 412 g/mol. The summed E-state index contributed by atoms with van der Waals surface area (Å²) < 4.78 is 24.1. The molecule has 1 saturated carbocycles. The monoisotopic (exact) mass is 412 g/mol. The Morgan fingerprint density at radius 1 is 1.07 bits per heavy atom. The Morgan fingerprint density at radius 2 is 1.83 bits per heavy atom. The first-order valence-corrected chi connectivity index (χ1v) is 10.7. The maximum Gasteiger partial charge on any atom is 0.264 e. The lowest BCUT2D eigenvalue weighted by atomic mass is 9.80. The Labute approximate surface area is 168 Å². The molecule has 0 atom stereocenters. The minimum Gasteiger partial charge on any atom is -0.324 e. The van der Waals surface area contributed by atoms with Crippen molar-refractivity contribution in [3.8, 4) is 0 Å². The number of nitrogens with zero attached hydrogens (tertiary/aromatic N) is 3. The van der Waals surface area contributed by atoms with Gasteiger partial charge < -0.3 is 5.32 Å². The van der Waals surface area contributed by atoms with Crippen molar-refractivity contribution in [1.82, 2.24) is 20.0 Å². The summed E-state index contributed by atoms with van der Waals surface area (Å²) in [6.45, 7) is 0. The largest absolute Gasteiger partial charge is 0.324 e. The minimum absolute atomic E-state index is 0.0300. The highest BCUT2D eigenvalue weighted by molar-refractivity contribution is 7.72. The van der Waals surface area contributed by atoms with Gasteiger partial charge in [0, 0.05) is 17.3 Å². The van der Waals surface area contributed by atoms with Crippen LogP contribution in [0.15, 0.2) is 41.4 Å². The van der Waals surface area contributed by atoms with Gasteiger partial charge >= 0.3 is 0 Å². The lowest BCUT2D eigenvalue weighted by molar-refractivity contribution is -0.131. The summed E-state index contributed by atoms with van der Waals surface area (Å²) in [6.07, 6.45) is 6.40. The summed E-state index contributed by atoms with van der Waals surface area (Å²) in [5.41, 5.74) is 6.53. The number of rotatable bonds is 3.